The molecule has 0 N–H and O–H groups in total. The average molecular weight is 689 g/mol. The minimum Gasteiger partial charge on any atom is -0.486 e. The van der Waals surface area contributed by atoms with Crippen LogP contribution < -0.4 is 4.74 Å². The molecule has 0 atom stereocenters. The molecular formula is C27H16Br2INO3. The molecule has 0 aliphatic carbocycles. The molecule has 4 aromatic carbocycles. The van der Waals surface area contributed by atoms with Gasteiger partial charge in [0.15, 0.2) is 5.70 Å². The summed E-state index contributed by atoms with van der Waals surface area (Å²) in [5.74, 6) is 0.517. The van der Waals surface area contributed by atoms with Crippen LogP contribution in [0.25, 0.3) is 16.8 Å². The van der Waals surface area contributed by atoms with E-state index in [9.17, 15) is 4.79 Å². The fourth-order valence-electron chi connectivity index (χ4n) is 3.58. The van der Waals surface area contributed by atoms with E-state index in [2.05, 4.69) is 59.4 Å². The summed E-state index contributed by atoms with van der Waals surface area (Å²) in [7, 11) is 0. The minimum atomic E-state index is -0.477. The Labute approximate surface area is 227 Å². The maximum atomic E-state index is 12.5. The zero-order chi connectivity index (χ0) is 23.7. The summed E-state index contributed by atoms with van der Waals surface area (Å²) < 4.78 is 14.2. The first-order valence-corrected chi connectivity index (χ1v) is 13.0. The number of halogens is 3. The van der Waals surface area contributed by atoms with Crippen LogP contribution in [0.4, 0.5) is 0 Å². The molecule has 0 unspecified atom stereocenters. The van der Waals surface area contributed by atoms with Gasteiger partial charge in [0.1, 0.15) is 12.4 Å². The van der Waals surface area contributed by atoms with Gasteiger partial charge < -0.3 is 9.47 Å². The van der Waals surface area contributed by atoms with Crippen LogP contribution in [0.2, 0.25) is 0 Å². The molecule has 0 spiro atoms. The summed E-state index contributed by atoms with van der Waals surface area (Å²) in [5.41, 5.74) is 2.90. The number of hydrogen-bond acceptors (Lipinski definition) is 4. The third-order valence-electron chi connectivity index (χ3n) is 5.27. The molecule has 0 fully saturated rings. The molecular weight excluding hydrogens is 673 g/mol. The highest BCUT2D eigenvalue weighted by molar-refractivity contribution is 14.1. The SMILES string of the molecule is O=C1OC(c2ccc3ccccc3c2)=N/C1=C\c1cc(Br)c(OCc2ccccc2I)c(Br)c1. The Morgan fingerprint density at radius 2 is 1.62 bits per heavy atom. The van der Waals surface area contributed by atoms with Gasteiger partial charge in [0.05, 0.1) is 8.95 Å². The Bertz CT molecular complexity index is 1470. The molecule has 0 bridgehead atoms. The lowest BCUT2D eigenvalue weighted by atomic mass is 10.1. The molecule has 5 rings (SSSR count). The molecule has 0 saturated carbocycles. The van der Waals surface area contributed by atoms with E-state index < -0.39 is 5.97 Å². The number of benzene rings is 4. The smallest absolute Gasteiger partial charge is 0.363 e. The van der Waals surface area contributed by atoms with Crippen molar-refractivity contribution in [2.45, 2.75) is 6.61 Å². The molecule has 0 radical (unpaired) electrons. The van der Waals surface area contributed by atoms with E-state index in [0.29, 0.717) is 18.3 Å². The predicted molar refractivity (Wildman–Crippen MR) is 150 cm³/mol. The van der Waals surface area contributed by atoms with E-state index >= 15 is 0 Å². The number of carbonyl (C=O) groups excluding carboxylic acids is 1. The molecule has 0 saturated heterocycles. The first-order chi connectivity index (χ1) is 16.5. The Morgan fingerprint density at radius 1 is 0.912 bits per heavy atom. The van der Waals surface area contributed by atoms with Crippen LogP contribution in [0.3, 0.4) is 0 Å². The molecule has 1 aliphatic heterocycles. The number of esters is 1. The van der Waals surface area contributed by atoms with Crippen LogP contribution in [-0.4, -0.2) is 11.9 Å². The zero-order valence-electron chi connectivity index (χ0n) is 17.6. The van der Waals surface area contributed by atoms with Crippen molar-refractivity contribution in [3.63, 3.8) is 0 Å². The molecule has 168 valence electrons. The third kappa shape index (κ3) is 4.96. The maximum absolute atomic E-state index is 12.5. The van der Waals surface area contributed by atoms with Crippen molar-refractivity contribution in [2.75, 3.05) is 0 Å². The highest BCUT2D eigenvalue weighted by Gasteiger charge is 2.24. The molecule has 4 aromatic rings. The van der Waals surface area contributed by atoms with Crippen LogP contribution >= 0.6 is 54.5 Å². The van der Waals surface area contributed by atoms with Crippen LogP contribution in [0.5, 0.6) is 5.75 Å². The highest BCUT2D eigenvalue weighted by Crippen LogP contribution is 2.36. The van der Waals surface area contributed by atoms with Crippen molar-refractivity contribution >= 4 is 83.2 Å². The van der Waals surface area contributed by atoms with Gasteiger partial charge in [-0.15, -0.1) is 0 Å². The van der Waals surface area contributed by atoms with Gasteiger partial charge in [-0.3, -0.25) is 0 Å². The van der Waals surface area contributed by atoms with Gasteiger partial charge in [0.2, 0.25) is 5.90 Å². The van der Waals surface area contributed by atoms with Crippen LogP contribution in [-0.2, 0) is 16.1 Å². The first kappa shape index (κ1) is 23.3. The van der Waals surface area contributed by atoms with Gasteiger partial charge in [0.25, 0.3) is 0 Å². The maximum Gasteiger partial charge on any atom is 0.363 e. The number of ether oxygens (including phenoxy) is 2. The topological polar surface area (TPSA) is 47.9 Å². The summed E-state index contributed by atoms with van der Waals surface area (Å²) in [6.45, 7) is 0.447. The Hall–Kier alpha value is -2.49. The number of cyclic esters (lactones) is 1. The van der Waals surface area contributed by atoms with E-state index in [4.69, 9.17) is 9.47 Å². The standard InChI is InChI=1S/C27H16Br2INO3/c28-21-11-16(12-22(29)25(21)33-15-20-7-3-4-8-23(20)30)13-24-27(32)34-26(31-24)19-10-9-17-5-1-2-6-18(17)14-19/h1-14H,15H2/b24-13-. The fraction of sp³-hybridized carbons (Fsp3) is 0.0370. The van der Waals surface area contributed by atoms with Crippen LogP contribution in [0.1, 0.15) is 16.7 Å². The number of carbonyl (C=O) groups is 1. The fourth-order valence-corrected chi connectivity index (χ4v) is 5.57. The number of hydrogen-bond donors (Lipinski definition) is 0. The lowest BCUT2D eigenvalue weighted by Crippen LogP contribution is -2.05. The van der Waals surface area contributed by atoms with Gasteiger partial charge >= 0.3 is 5.97 Å². The van der Waals surface area contributed by atoms with Gasteiger partial charge in [-0.2, -0.15) is 0 Å². The van der Waals surface area contributed by atoms with Gasteiger partial charge in [-0.25, -0.2) is 9.79 Å². The number of nitrogens with zero attached hydrogens (tertiary/aromatic N) is 1. The number of aliphatic imine (C=N–C) groups is 1. The second-order valence-corrected chi connectivity index (χ2v) is 10.5. The van der Waals surface area contributed by atoms with E-state index in [1.54, 1.807) is 6.08 Å². The predicted octanol–water partition coefficient (Wildman–Crippen LogP) is 7.89. The van der Waals surface area contributed by atoms with Gasteiger partial charge in [-0.1, -0.05) is 48.5 Å². The van der Waals surface area contributed by atoms with E-state index in [-0.39, 0.29) is 5.70 Å². The van der Waals surface area contributed by atoms with Crippen molar-refractivity contribution in [2.24, 2.45) is 4.99 Å². The highest BCUT2D eigenvalue weighted by atomic mass is 127. The molecule has 1 heterocycles. The van der Waals surface area contributed by atoms with Crippen LogP contribution in [0.15, 0.2) is 98.5 Å². The largest absolute Gasteiger partial charge is 0.486 e. The Balaban J connectivity index is 1.39. The van der Waals surface area contributed by atoms with Crippen LogP contribution in [0, 0.1) is 3.57 Å². The van der Waals surface area contributed by atoms with Gasteiger partial charge in [-0.05, 0) is 107 Å². The van der Waals surface area contributed by atoms with E-state index in [1.807, 2.05) is 78.9 Å². The zero-order valence-corrected chi connectivity index (χ0v) is 22.9. The molecule has 0 aromatic heterocycles. The summed E-state index contributed by atoms with van der Waals surface area (Å²) in [4.78, 5) is 17.0. The Kier molecular flexibility index (Phi) is 6.85. The molecule has 4 nitrogen and oxygen atoms in total. The van der Waals surface area contributed by atoms with Crippen molar-refractivity contribution in [1.29, 1.82) is 0 Å². The van der Waals surface area contributed by atoms with E-state index in [1.165, 1.54) is 0 Å². The average Bonchev–Trinajstić information content (AvgIpc) is 3.19. The quantitative estimate of drug-likeness (QED) is 0.122. The van der Waals surface area contributed by atoms with Crippen molar-refractivity contribution in [1.82, 2.24) is 0 Å². The normalized spacial score (nSPS) is 14.4. The minimum absolute atomic E-state index is 0.245. The van der Waals surface area contributed by atoms with Crippen molar-refractivity contribution < 1.29 is 14.3 Å². The van der Waals surface area contributed by atoms with E-state index in [0.717, 1.165) is 40.0 Å². The lowest BCUT2D eigenvalue weighted by molar-refractivity contribution is -0.129. The molecule has 7 heteroatoms. The number of fused-ring (bicyclic) bond motifs is 1. The van der Waals surface area contributed by atoms with Crippen molar-refractivity contribution in [3.05, 3.63) is 114 Å². The summed E-state index contributed by atoms with van der Waals surface area (Å²) >= 11 is 9.47. The molecule has 1 aliphatic rings. The molecule has 0 amide bonds. The lowest BCUT2D eigenvalue weighted by Gasteiger charge is -2.12. The summed E-state index contributed by atoms with van der Waals surface area (Å²) in [6, 6.07) is 25.8. The first-order valence-electron chi connectivity index (χ1n) is 10.3. The third-order valence-corrected chi connectivity index (χ3v) is 7.50. The van der Waals surface area contributed by atoms with Crippen molar-refractivity contribution in [3.8, 4) is 5.75 Å². The summed E-state index contributed by atoms with van der Waals surface area (Å²) in [6.07, 6.45) is 1.70. The second-order valence-electron chi connectivity index (χ2n) is 7.59. The monoisotopic (exact) mass is 687 g/mol. The second kappa shape index (κ2) is 10.0. The molecule has 34 heavy (non-hydrogen) atoms. The Morgan fingerprint density at radius 3 is 2.38 bits per heavy atom. The van der Waals surface area contributed by atoms with Gasteiger partial charge in [0, 0.05) is 14.7 Å². The number of rotatable bonds is 5. The summed E-state index contributed by atoms with van der Waals surface area (Å²) in [5, 5.41) is 2.18.